The van der Waals surface area contributed by atoms with E-state index in [0.717, 1.165) is 23.4 Å². The molecule has 0 aliphatic carbocycles. The summed E-state index contributed by atoms with van der Waals surface area (Å²) >= 11 is 1.51. The van der Waals surface area contributed by atoms with Crippen LogP contribution in [0, 0.1) is 12.8 Å². The maximum absolute atomic E-state index is 12.6. The normalized spacial score (nSPS) is 13.9. The quantitative estimate of drug-likeness (QED) is 0.725. The molecule has 0 saturated heterocycles. The summed E-state index contributed by atoms with van der Waals surface area (Å²) in [6.45, 7) is 11.4. The van der Waals surface area contributed by atoms with Crippen molar-refractivity contribution in [2.24, 2.45) is 5.92 Å². The highest BCUT2D eigenvalue weighted by Gasteiger charge is 2.25. The van der Waals surface area contributed by atoms with E-state index in [0.29, 0.717) is 11.4 Å². The Hall–Kier alpha value is -0.430. The van der Waals surface area contributed by atoms with Crippen molar-refractivity contribution in [2.45, 2.75) is 58.5 Å². The number of hydrogen-bond donors (Lipinski definition) is 2. The molecule has 2 N–H and O–H groups in total. The third-order valence-corrected chi connectivity index (χ3v) is 6.33. The van der Waals surface area contributed by atoms with Crippen LogP contribution in [0.5, 0.6) is 0 Å². The van der Waals surface area contributed by atoms with E-state index in [1.54, 1.807) is 0 Å². The minimum atomic E-state index is -3.44. The molecule has 20 heavy (non-hydrogen) atoms. The first kappa shape index (κ1) is 17.6. The van der Waals surface area contributed by atoms with Gasteiger partial charge in [0, 0.05) is 17.5 Å². The lowest BCUT2D eigenvalue weighted by Gasteiger charge is -2.18. The second-order valence-electron chi connectivity index (χ2n) is 5.50. The Morgan fingerprint density at radius 2 is 1.95 bits per heavy atom. The summed E-state index contributed by atoms with van der Waals surface area (Å²) in [5.74, 6) is 0.269. The van der Waals surface area contributed by atoms with Gasteiger partial charge in [0.15, 0.2) is 0 Å². The Labute approximate surface area is 127 Å². The third-order valence-electron chi connectivity index (χ3n) is 3.31. The summed E-state index contributed by atoms with van der Waals surface area (Å²) in [4.78, 5) is 1.35. The van der Waals surface area contributed by atoms with Gasteiger partial charge < -0.3 is 5.32 Å². The summed E-state index contributed by atoms with van der Waals surface area (Å²) in [6.07, 6.45) is 1.04. The second kappa shape index (κ2) is 7.54. The smallest absolute Gasteiger partial charge is 0.242 e. The van der Waals surface area contributed by atoms with Gasteiger partial charge in [-0.05, 0) is 43.7 Å². The van der Waals surface area contributed by atoms with Gasteiger partial charge in [-0.3, -0.25) is 0 Å². The highest BCUT2D eigenvalue weighted by Crippen LogP contribution is 2.27. The molecule has 116 valence electrons. The maximum Gasteiger partial charge on any atom is 0.242 e. The molecule has 0 aliphatic rings. The molecule has 0 saturated carbocycles. The lowest BCUT2D eigenvalue weighted by molar-refractivity contribution is 0.476. The average molecular weight is 319 g/mol. The van der Waals surface area contributed by atoms with Crippen molar-refractivity contribution in [3.63, 3.8) is 0 Å². The summed E-state index contributed by atoms with van der Waals surface area (Å²) < 4.78 is 27.9. The largest absolute Gasteiger partial charge is 0.312 e. The molecular weight excluding hydrogens is 292 g/mol. The van der Waals surface area contributed by atoms with Crippen LogP contribution in [0.25, 0.3) is 0 Å². The van der Waals surface area contributed by atoms with Crippen molar-refractivity contribution in [2.75, 3.05) is 6.54 Å². The molecule has 1 heterocycles. The van der Waals surface area contributed by atoms with Crippen molar-refractivity contribution in [1.82, 2.24) is 10.0 Å². The third kappa shape index (κ3) is 4.55. The van der Waals surface area contributed by atoms with Gasteiger partial charge in [-0.2, -0.15) is 0 Å². The van der Waals surface area contributed by atoms with Gasteiger partial charge in [-0.15, -0.1) is 11.3 Å². The zero-order valence-electron chi connectivity index (χ0n) is 13.0. The molecule has 6 heteroatoms. The summed E-state index contributed by atoms with van der Waals surface area (Å²) in [6, 6.07) is -0.0734. The van der Waals surface area contributed by atoms with Crippen molar-refractivity contribution >= 4 is 21.4 Å². The van der Waals surface area contributed by atoms with Crippen LogP contribution in [-0.4, -0.2) is 21.0 Å². The first-order valence-corrected chi connectivity index (χ1v) is 9.45. The van der Waals surface area contributed by atoms with Crippen molar-refractivity contribution in [3.05, 3.63) is 15.8 Å². The van der Waals surface area contributed by atoms with Crippen molar-refractivity contribution < 1.29 is 8.42 Å². The molecule has 0 spiro atoms. The van der Waals surface area contributed by atoms with Crippen LogP contribution in [0.4, 0.5) is 0 Å². The average Bonchev–Trinajstić information content (AvgIpc) is 2.71. The van der Waals surface area contributed by atoms with Crippen LogP contribution < -0.4 is 10.0 Å². The number of sulfonamides is 1. The number of aryl methyl sites for hydroxylation is 1. The van der Waals surface area contributed by atoms with E-state index in [1.165, 1.54) is 11.3 Å². The van der Waals surface area contributed by atoms with Crippen molar-refractivity contribution in [3.8, 4) is 0 Å². The van der Waals surface area contributed by atoms with E-state index in [-0.39, 0.29) is 12.0 Å². The predicted molar refractivity (Wildman–Crippen MR) is 85.7 cm³/mol. The van der Waals surface area contributed by atoms with Crippen LogP contribution in [0.2, 0.25) is 0 Å². The summed E-state index contributed by atoms with van der Waals surface area (Å²) in [5, 5.41) is 5.19. The molecule has 0 amide bonds. The van der Waals surface area contributed by atoms with E-state index in [9.17, 15) is 8.42 Å². The molecule has 1 atom stereocenters. The zero-order valence-corrected chi connectivity index (χ0v) is 14.6. The Morgan fingerprint density at radius 3 is 2.50 bits per heavy atom. The second-order valence-corrected chi connectivity index (χ2v) is 8.12. The standard InChI is InChI=1S/C14H26N2O2S2/c1-6-7-15-8-13-14(11(4)9-19-13)20(17,18)16-12(5)10(2)3/h9-10,12,15-16H,6-8H2,1-5H3. The highest BCUT2D eigenvalue weighted by molar-refractivity contribution is 7.89. The molecule has 0 aromatic carbocycles. The molecule has 1 unspecified atom stereocenters. The van der Waals surface area contributed by atoms with Gasteiger partial charge in [0.25, 0.3) is 0 Å². The number of thiophene rings is 1. The van der Waals surface area contributed by atoms with E-state index < -0.39 is 10.0 Å². The van der Waals surface area contributed by atoms with E-state index >= 15 is 0 Å². The SMILES string of the molecule is CCCNCc1scc(C)c1S(=O)(=O)NC(C)C(C)C. The Bertz CT molecular complexity index is 521. The molecule has 0 radical (unpaired) electrons. The monoisotopic (exact) mass is 318 g/mol. The Kier molecular flexibility index (Phi) is 6.64. The Balaban J connectivity index is 2.96. The molecule has 1 aromatic rings. The minimum absolute atomic E-state index is 0.0734. The molecular formula is C14H26N2O2S2. The molecule has 0 fully saturated rings. The predicted octanol–water partition coefficient (Wildman–Crippen LogP) is 2.88. The fourth-order valence-electron chi connectivity index (χ4n) is 1.79. The molecule has 4 nitrogen and oxygen atoms in total. The van der Waals surface area contributed by atoms with Gasteiger partial charge >= 0.3 is 0 Å². The fourth-order valence-corrected chi connectivity index (χ4v) is 4.96. The number of hydrogen-bond acceptors (Lipinski definition) is 4. The van der Waals surface area contributed by atoms with Crippen LogP contribution >= 0.6 is 11.3 Å². The van der Waals surface area contributed by atoms with Crippen LogP contribution in [0.15, 0.2) is 10.3 Å². The maximum atomic E-state index is 12.6. The highest BCUT2D eigenvalue weighted by atomic mass is 32.2. The van der Waals surface area contributed by atoms with Gasteiger partial charge in [-0.25, -0.2) is 13.1 Å². The van der Waals surface area contributed by atoms with Crippen LogP contribution in [0.1, 0.15) is 44.6 Å². The fraction of sp³-hybridized carbons (Fsp3) is 0.714. The first-order valence-electron chi connectivity index (χ1n) is 7.09. The summed E-state index contributed by atoms with van der Waals surface area (Å²) in [7, 11) is -3.44. The minimum Gasteiger partial charge on any atom is -0.312 e. The number of rotatable bonds is 8. The zero-order chi connectivity index (χ0) is 15.3. The van der Waals surface area contributed by atoms with Gasteiger partial charge in [0.2, 0.25) is 10.0 Å². The molecule has 0 bridgehead atoms. The van der Waals surface area contributed by atoms with Gasteiger partial charge in [-0.1, -0.05) is 20.8 Å². The van der Waals surface area contributed by atoms with E-state index in [4.69, 9.17) is 0 Å². The topological polar surface area (TPSA) is 58.2 Å². The van der Waals surface area contributed by atoms with Gasteiger partial charge in [0.1, 0.15) is 4.90 Å². The van der Waals surface area contributed by atoms with Gasteiger partial charge in [0.05, 0.1) is 0 Å². The van der Waals surface area contributed by atoms with E-state index in [2.05, 4.69) is 17.0 Å². The number of nitrogens with one attached hydrogen (secondary N) is 2. The Morgan fingerprint density at radius 1 is 1.30 bits per heavy atom. The van der Waals surface area contributed by atoms with Crippen LogP contribution in [0.3, 0.4) is 0 Å². The van der Waals surface area contributed by atoms with E-state index in [1.807, 2.05) is 33.1 Å². The summed E-state index contributed by atoms with van der Waals surface area (Å²) in [5.41, 5.74) is 0.826. The van der Waals surface area contributed by atoms with Crippen molar-refractivity contribution in [1.29, 1.82) is 0 Å². The lowest BCUT2D eigenvalue weighted by Crippen LogP contribution is -2.36. The van der Waals surface area contributed by atoms with Crippen LogP contribution in [-0.2, 0) is 16.6 Å². The first-order chi connectivity index (χ1) is 9.29. The lowest BCUT2D eigenvalue weighted by atomic mass is 10.1. The molecule has 1 rings (SSSR count). The molecule has 1 aromatic heterocycles. The molecule has 0 aliphatic heterocycles.